The fourth-order valence-electron chi connectivity index (χ4n) is 4.03. The first-order chi connectivity index (χ1) is 13.9. The van der Waals surface area contributed by atoms with Gasteiger partial charge in [-0.15, -0.1) is 11.3 Å². The third-order valence-corrected chi connectivity index (χ3v) is 7.36. The molecule has 0 bridgehead atoms. The molecule has 0 saturated carbocycles. The molecular formula is C20H24BrN5O2S. The van der Waals surface area contributed by atoms with Gasteiger partial charge in [-0.25, -0.2) is 4.98 Å². The summed E-state index contributed by atoms with van der Waals surface area (Å²) in [5.74, 6) is 0.398. The predicted octanol–water partition coefficient (Wildman–Crippen LogP) is 2.64. The number of carbonyl (C=O) groups is 2. The van der Waals surface area contributed by atoms with E-state index in [-0.39, 0.29) is 11.9 Å². The minimum absolute atomic E-state index is 0.0948. The fraction of sp³-hybridized carbons (Fsp3) is 0.450. The SMILES string of the molecule is CC(C(=O)Nc1sc2c(c1C(N)=O)CCC2)N1CCN(c2ccc(Br)cn2)CC1. The molecule has 2 aromatic rings. The Labute approximate surface area is 182 Å². The van der Waals surface area contributed by atoms with Crippen LogP contribution in [0.5, 0.6) is 0 Å². The number of carbonyl (C=O) groups excluding carboxylic acids is 2. The number of halogens is 1. The molecule has 0 radical (unpaired) electrons. The molecule has 0 spiro atoms. The van der Waals surface area contributed by atoms with Gasteiger partial charge in [-0.2, -0.15) is 0 Å². The van der Waals surface area contributed by atoms with Crippen molar-refractivity contribution in [2.75, 3.05) is 36.4 Å². The number of thiophene rings is 1. The van der Waals surface area contributed by atoms with Crippen LogP contribution < -0.4 is 16.0 Å². The van der Waals surface area contributed by atoms with Crippen LogP contribution in [0.2, 0.25) is 0 Å². The van der Waals surface area contributed by atoms with E-state index in [1.165, 1.54) is 16.2 Å². The number of nitrogens with zero attached hydrogens (tertiary/aromatic N) is 3. The summed E-state index contributed by atoms with van der Waals surface area (Å²) in [5, 5.41) is 3.58. The molecule has 3 N–H and O–H groups in total. The third kappa shape index (κ3) is 4.17. The summed E-state index contributed by atoms with van der Waals surface area (Å²) in [6.45, 7) is 5.08. The molecule has 1 aliphatic heterocycles. The van der Waals surface area contributed by atoms with Crippen molar-refractivity contribution in [2.45, 2.75) is 32.2 Å². The molecule has 3 heterocycles. The second kappa shape index (κ2) is 8.41. The zero-order valence-electron chi connectivity index (χ0n) is 16.3. The van der Waals surface area contributed by atoms with Gasteiger partial charge in [-0.05, 0) is 59.8 Å². The van der Waals surface area contributed by atoms with Crippen LogP contribution in [0.4, 0.5) is 10.8 Å². The molecule has 1 unspecified atom stereocenters. The van der Waals surface area contributed by atoms with Crippen molar-refractivity contribution < 1.29 is 9.59 Å². The van der Waals surface area contributed by atoms with Crippen LogP contribution in [0.3, 0.4) is 0 Å². The number of fused-ring (bicyclic) bond motifs is 1. The largest absolute Gasteiger partial charge is 0.365 e. The average molecular weight is 478 g/mol. The number of nitrogens with two attached hydrogens (primary N) is 1. The number of aryl methyl sites for hydroxylation is 1. The van der Waals surface area contributed by atoms with Crippen molar-refractivity contribution in [3.8, 4) is 0 Å². The molecule has 1 saturated heterocycles. The number of hydrogen-bond donors (Lipinski definition) is 2. The van der Waals surface area contributed by atoms with Crippen molar-refractivity contribution in [2.24, 2.45) is 5.73 Å². The molecule has 2 amide bonds. The number of hydrogen-bond acceptors (Lipinski definition) is 6. The van der Waals surface area contributed by atoms with E-state index in [1.807, 2.05) is 19.1 Å². The molecule has 1 atom stereocenters. The van der Waals surface area contributed by atoms with Gasteiger partial charge in [0.1, 0.15) is 10.8 Å². The van der Waals surface area contributed by atoms with Crippen molar-refractivity contribution >= 4 is 49.9 Å². The molecule has 2 aliphatic rings. The maximum atomic E-state index is 12.9. The molecule has 2 aromatic heterocycles. The van der Waals surface area contributed by atoms with E-state index in [1.54, 1.807) is 6.20 Å². The fourth-order valence-corrected chi connectivity index (χ4v) is 5.56. The van der Waals surface area contributed by atoms with E-state index in [0.29, 0.717) is 10.6 Å². The molecule has 9 heteroatoms. The molecule has 29 heavy (non-hydrogen) atoms. The number of amides is 2. The normalized spacial score (nSPS) is 17.8. The highest BCUT2D eigenvalue weighted by atomic mass is 79.9. The van der Waals surface area contributed by atoms with Gasteiger partial charge in [0.25, 0.3) is 5.91 Å². The van der Waals surface area contributed by atoms with Gasteiger partial charge in [-0.1, -0.05) is 0 Å². The van der Waals surface area contributed by atoms with E-state index in [4.69, 9.17) is 5.73 Å². The summed E-state index contributed by atoms with van der Waals surface area (Å²) >= 11 is 4.90. The van der Waals surface area contributed by atoms with Crippen molar-refractivity contribution in [3.63, 3.8) is 0 Å². The van der Waals surface area contributed by atoms with Gasteiger partial charge in [0, 0.05) is 41.7 Å². The summed E-state index contributed by atoms with van der Waals surface area (Å²) in [6, 6.07) is 3.70. The number of pyridine rings is 1. The molecule has 7 nitrogen and oxygen atoms in total. The number of primary amides is 1. The Morgan fingerprint density at radius 1 is 1.24 bits per heavy atom. The van der Waals surface area contributed by atoms with E-state index in [0.717, 1.165) is 61.3 Å². The minimum Gasteiger partial charge on any atom is -0.365 e. The van der Waals surface area contributed by atoms with Gasteiger partial charge < -0.3 is 16.0 Å². The lowest BCUT2D eigenvalue weighted by Gasteiger charge is -2.37. The van der Waals surface area contributed by atoms with Crippen LogP contribution in [-0.4, -0.2) is 53.9 Å². The maximum Gasteiger partial charge on any atom is 0.251 e. The third-order valence-electron chi connectivity index (χ3n) is 5.68. The maximum absolute atomic E-state index is 12.9. The summed E-state index contributed by atoms with van der Waals surface area (Å²) < 4.78 is 0.958. The van der Waals surface area contributed by atoms with E-state index in [2.05, 4.69) is 36.0 Å². The monoisotopic (exact) mass is 477 g/mol. The lowest BCUT2D eigenvalue weighted by molar-refractivity contribution is -0.120. The highest BCUT2D eigenvalue weighted by Gasteiger charge is 2.30. The average Bonchev–Trinajstić information content (AvgIpc) is 3.28. The zero-order chi connectivity index (χ0) is 20.5. The molecule has 4 rings (SSSR count). The molecule has 0 aromatic carbocycles. The first-order valence-corrected chi connectivity index (χ1v) is 11.4. The van der Waals surface area contributed by atoms with Crippen molar-refractivity contribution in [3.05, 3.63) is 38.8 Å². The van der Waals surface area contributed by atoms with E-state index >= 15 is 0 Å². The number of aromatic nitrogens is 1. The Morgan fingerprint density at radius 2 is 2.00 bits per heavy atom. The van der Waals surface area contributed by atoms with Crippen LogP contribution in [-0.2, 0) is 17.6 Å². The van der Waals surface area contributed by atoms with Gasteiger partial charge in [0.2, 0.25) is 5.91 Å². The van der Waals surface area contributed by atoms with Gasteiger partial charge >= 0.3 is 0 Å². The lowest BCUT2D eigenvalue weighted by Crippen LogP contribution is -2.53. The van der Waals surface area contributed by atoms with E-state index in [9.17, 15) is 9.59 Å². The lowest BCUT2D eigenvalue weighted by atomic mass is 10.1. The van der Waals surface area contributed by atoms with Crippen molar-refractivity contribution in [1.29, 1.82) is 0 Å². The highest BCUT2D eigenvalue weighted by molar-refractivity contribution is 9.10. The molecule has 1 aliphatic carbocycles. The summed E-state index contributed by atoms with van der Waals surface area (Å²) in [6.07, 6.45) is 4.66. The van der Waals surface area contributed by atoms with Crippen LogP contribution >= 0.6 is 27.3 Å². The topological polar surface area (TPSA) is 91.6 Å². The van der Waals surface area contributed by atoms with E-state index < -0.39 is 5.91 Å². The van der Waals surface area contributed by atoms with Crippen molar-refractivity contribution in [1.82, 2.24) is 9.88 Å². The number of piperazine rings is 1. The Morgan fingerprint density at radius 3 is 2.66 bits per heavy atom. The minimum atomic E-state index is -0.456. The van der Waals surface area contributed by atoms with Gasteiger partial charge in [-0.3, -0.25) is 14.5 Å². The number of nitrogens with one attached hydrogen (secondary N) is 1. The quantitative estimate of drug-likeness (QED) is 0.690. The summed E-state index contributed by atoms with van der Waals surface area (Å²) in [7, 11) is 0. The Balaban J connectivity index is 1.38. The second-order valence-electron chi connectivity index (χ2n) is 7.45. The molecule has 1 fully saturated rings. The molecular weight excluding hydrogens is 454 g/mol. The summed E-state index contributed by atoms with van der Waals surface area (Å²) in [5.41, 5.74) is 7.14. The first kappa shape index (κ1) is 20.3. The summed E-state index contributed by atoms with van der Waals surface area (Å²) in [4.78, 5) is 34.8. The Hall–Kier alpha value is -1.97. The van der Waals surface area contributed by atoms with Crippen LogP contribution in [0.15, 0.2) is 22.8 Å². The van der Waals surface area contributed by atoms with Crippen LogP contribution in [0.1, 0.15) is 34.1 Å². The predicted molar refractivity (Wildman–Crippen MR) is 119 cm³/mol. The highest BCUT2D eigenvalue weighted by Crippen LogP contribution is 2.39. The smallest absolute Gasteiger partial charge is 0.251 e. The first-order valence-electron chi connectivity index (χ1n) is 9.80. The number of rotatable bonds is 5. The second-order valence-corrected chi connectivity index (χ2v) is 9.47. The molecule has 154 valence electrons. The zero-order valence-corrected chi connectivity index (χ0v) is 18.7. The van der Waals surface area contributed by atoms with Gasteiger partial charge in [0.05, 0.1) is 11.6 Å². The Kier molecular flexibility index (Phi) is 5.89. The number of anilines is 2. The Bertz CT molecular complexity index is 922. The van der Waals surface area contributed by atoms with Crippen LogP contribution in [0, 0.1) is 0 Å². The standard InChI is InChI=1S/C20H24BrN5O2S/c1-12(25-7-9-26(10-8-25)16-6-5-13(21)11-23-16)19(28)24-20-17(18(22)27)14-3-2-4-15(14)29-20/h5-6,11-12H,2-4,7-10H2,1H3,(H2,22,27)(H,24,28). The van der Waals surface area contributed by atoms with Crippen LogP contribution in [0.25, 0.3) is 0 Å². The van der Waals surface area contributed by atoms with Gasteiger partial charge in [0.15, 0.2) is 0 Å².